The summed E-state index contributed by atoms with van der Waals surface area (Å²) in [7, 11) is -1.92. The van der Waals surface area contributed by atoms with Crippen molar-refractivity contribution >= 4 is 21.6 Å². The van der Waals surface area contributed by atoms with Gasteiger partial charge >= 0.3 is 0 Å². The molecule has 0 saturated carbocycles. The molecule has 2 N–H and O–H groups in total. The molecule has 6 nitrogen and oxygen atoms in total. The number of nitrogens with two attached hydrogens (primary N) is 1. The first-order chi connectivity index (χ1) is 8.88. The number of sulfonamides is 1. The lowest BCUT2D eigenvalue weighted by Crippen LogP contribution is -2.12. The highest BCUT2D eigenvalue weighted by Crippen LogP contribution is 2.27. The van der Waals surface area contributed by atoms with E-state index in [0.29, 0.717) is 5.75 Å². The molecule has 0 amide bonds. The molecule has 0 saturated heterocycles. The molecule has 8 heteroatoms. The molecule has 102 valence electrons. The van der Waals surface area contributed by atoms with E-state index in [9.17, 15) is 8.42 Å². The summed E-state index contributed by atoms with van der Waals surface area (Å²) in [6.45, 7) is 0.234. The van der Waals surface area contributed by atoms with Crippen LogP contribution in [0.2, 0.25) is 5.02 Å². The average molecular weight is 302 g/mol. The maximum atomic E-state index is 11.2. The maximum Gasteiger partial charge on any atom is 0.238 e. The van der Waals surface area contributed by atoms with Crippen LogP contribution >= 0.6 is 11.6 Å². The Morgan fingerprint density at radius 1 is 1.47 bits per heavy atom. The van der Waals surface area contributed by atoms with Crippen LogP contribution in [0.5, 0.6) is 5.75 Å². The van der Waals surface area contributed by atoms with E-state index in [-0.39, 0.29) is 16.5 Å². The van der Waals surface area contributed by atoms with Crippen molar-refractivity contribution in [2.45, 2.75) is 11.5 Å². The first-order valence-electron chi connectivity index (χ1n) is 5.29. The van der Waals surface area contributed by atoms with Crippen LogP contribution in [0.3, 0.4) is 0 Å². The van der Waals surface area contributed by atoms with Crippen LogP contribution in [0.15, 0.2) is 35.5 Å². The Morgan fingerprint density at radius 3 is 2.74 bits per heavy atom. The summed E-state index contributed by atoms with van der Waals surface area (Å²) < 4.78 is 29.6. The van der Waals surface area contributed by atoms with Gasteiger partial charge in [0.1, 0.15) is 18.2 Å². The molecule has 1 heterocycles. The fourth-order valence-corrected chi connectivity index (χ4v) is 2.29. The summed E-state index contributed by atoms with van der Waals surface area (Å²) in [5, 5.41) is 5.19. The third-order valence-electron chi connectivity index (χ3n) is 2.51. The number of halogens is 1. The van der Waals surface area contributed by atoms with Gasteiger partial charge in [0.25, 0.3) is 0 Å². The molecular weight excluding hydrogens is 290 g/mol. The molecule has 1 aromatic heterocycles. The zero-order chi connectivity index (χ0) is 14.0. The van der Waals surface area contributed by atoms with Crippen molar-refractivity contribution in [3.63, 3.8) is 0 Å². The second-order valence-electron chi connectivity index (χ2n) is 3.88. The molecule has 0 atom stereocenters. The molecule has 0 aliphatic heterocycles. The monoisotopic (exact) mass is 301 g/mol. The molecule has 0 bridgehead atoms. The minimum Gasteiger partial charge on any atom is -0.484 e. The van der Waals surface area contributed by atoms with Crippen molar-refractivity contribution in [1.29, 1.82) is 0 Å². The van der Waals surface area contributed by atoms with Gasteiger partial charge in [-0.25, -0.2) is 18.5 Å². The van der Waals surface area contributed by atoms with Gasteiger partial charge < -0.3 is 9.30 Å². The van der Waals surface area contributed by atoms with Gasteiger partial charge in [0, 0.05) is 19.4 Å². The summed E-state index contributed by atoms with van der Waals surface area (Å²) in [6, 6.07) is 4.06. The SMILES string of the molecule is Cn1ccnc1COc1ccc(S(N)(=O)=O)cc1Cl. The molecule has 2 aromatic rings. The van der Waals surface area contributed by atoms with E-state index >= 15 is 0 Å². The summed E-state index contributed by atoms with van der Waals surface area (Å²) >= 11 is 5.94. The third kappa shape index (κ3) is 3.25. The summed E-state index contributed by atoms with van der Waals surface area (Å²) in [4.78, 5) is 4.04. The zero-order valence-corrected chi connectivity index (χ0v) is 11.6. The number of nitrogens with zero attached hydrogens (tertiary/aromatic N) is 2. The normalized spacial score (nSPS) is 11.5. The lowest BCUT2D eigenvalue weighted by molar-refractivity contribution is 0.292. The lowest BCUT2D eigenvalue weighted by atomic mass is 10.3. The summed E-state index contributed by atoms with van der Waals surface area (Å²) in [5.74, 6) is 1.10. The second-order valence-corrected chi connectivity index (χ2v) is 5.85. The van der Waals surface area contributed by atoms with Crippen LogP contribution in [0.4, 0.5) is 0 Å². The lowest BCUT2D eigenvalue weighted by Gasteiger charge is -2.08. The van der Waals surface area contributed by atoms with Crippen molar-refractivity contribution < 1.29 is 13.2 Å². The smallest absolute Gasteiger partial charge is 0.238 e. The minimum atomic E-state index is -3.76. The molecule has 19 heavy (non-hydrogen) atoms. The molecule has 0 spiro atoms. The van der Waals surface area contributed by atoms with Gasteiger partial charge in [-0.05, 0) is 18.2 Å². The summed E-state index contributed by atoms with van der Waals surface area (Å²) in [5.41, 5.74) is 0. The quantitative estimate of drug-likeness (QED) is 0.922. The van der Waals surface area contributed by atoms with Crippen molar-refractivity contribution in [3.8, 4) is 5.75 Å². The van der Waals surface area contributed by atoms with Crippen molar-refractivity contribution in [3.05, 3.63) is 41.4 Å². The Balaban J connectivity index is 2.16. The third-order valence-corrected chi connectivity index (χ3v) is 3.72. The fourth-order valence-electron chi connectivity index (χ4n) is 1.45. The van der Waals surface area contributed by atoms with Gasteiger partial charge in [0.05, 0.1) is 9.92 Å². The van der Waals surface area contributed by atoms with E-state index in [4.69, 9.17) is 21.5 Å². The first kappa shape index (κ1) is 13.9. The molecule has 0 fully saturated rings. The Morgan fingerprint density at radius 2 is 2.21 bits per heavy atom. The molecule has 0 aliphatic carbocycles. The predicted octanol–water partition coefficient (Wildman–Crippen LogP) is 1.30. The number of aryl methyl sites for hydroxylation is 1. The van der Waals surface area contributed by atoms with Crippen LogP contribution in [-0.4, -0.2) is 18.0 Å². The zero-order valence-electron chi connectivity index (χ0n) is 10.1. The highest BCUT2D eigenvalue weighted by atomic mass is 35.5. The molecular formula is C11H12ClN3O3S. The number of benzene rings is 1. The number of hydrogen-bond donors (Lipinski definition) is 1. The molecule has 0 unspecified atom stereocenters. The Labute approximate surface area is 115 Å². The van der Waals surface area contributed by atoms with Gasteiger partial charge in [-0.2, -0.15) is 0 Å². The van der Waals surface area contributed by atoms with E-state index in [1.165, 1.54) is 18.2 Å². The van der Waals surface area contributed by atoms with Crippen molar-refractivity contribution in [2.75, 3.05) is 0 Å². The van der Waals surface area contributed by atoms with Crippen LogP contribution in [0.25, 0.3) is 0 Å². The maximum absolute atomic E-state index is 11.2. The Kier molecular flexibility index (Phi) is 3.79. The predicted molar refractivity (Wildman–Crippen MR) is 70.4 cm³/mol. The van der Waals surface area contributed by atoms with Crippen molar-refractivity contribution in [1.82, 2.24) is 9.55 Å². The van der Waals surface area contributed by atoms with Gasteiger partial charge in [-0.3, -0.25) is 0 Å². The van der Waals surface area contributed by atoms with E-state index in [2.05, 4.69) is 4.98 Å². The first-order valence-corrected chi connectivity index (χ1v) is 7.21. The molecule has 0 radical (unpaired) electrons. The summed E-state index contributed by atoms with van der Waals surface area (Å²) in [6.07, 6.45) is 3.45. The van der Waals surface area contributed by atoms with Crippen LogP contribution in [0.1, 0.15) is 5.82 Å². The van der Waals surface area contributed by atoms with Crippen LogP contribution in [0, 0.1) is 0 Å². The Bertz CT molecular complexity index is 697. The number of ether oxygens (including phenoxy) is 1. The van der Waals surface area contributed by atoms with Gasteiger partial charge in [0.15, 0.2) is 0 Å². The Hall–Kier alpha value is -1.57. The largest absolute Gasteiger partial charge is 0.484 e. The van der Waals surface area contributed by atoms with E-state index in [1.54, 1.807) is 12.4 Å². The fraction of sp³-hybridized carbons (Fsp3) is 0.182. The van der Waals surface area contributed by atoms with Crippen molar-refractivity contribution in [2.24, 2.45) is 12.2 Å². The second kappa shape index (κ2) is 5.20. The topological polar surface area (TPSA) is 87.2 Å². The van der Waals surface area contributed by atoms with Crippen LogP contribution in [-0.2, 0) is 23.7 Å². The number of aromatic nitrogens is 2. The molecule has 0 aliphatic rings. The standard InChI is InChI=1S/C11H12ClN3O3S/c1-15-5-4-14-11(15)7-18-10-3-2-8(6-9(10)12)19(13,16)17/h2-6H,7H2,1H3,(H2,13,16,17). The van der Waals surface area contributed by atoms with E-state index in [1.807, 2.05) is 11.6 Å². The van der Waals surface area contributed by atoms with E-state index in [0.717, 1.165) is 5.82 Å². The number of imidazole rings is 1. The molecule has 2 rings (SSSR count). The number of hydrogen-bond acceptors (Lipinski definition) is 4. The van der Waals surface area contributed by atoms with Crippen LogP contribution < -0.4 is 9.88 Å². The number of primary sulfonamides is 1. The highest BCUT2D eigenvalue weighted by molar-refractivity contribution is 7.89. The number of rotatable bonds is 4. The van der Waals surface area contributed by atoms with E-state index < -0.39 is 10.0 Å². The molecule has 1 aromatic carbocycles. The minimum absolute atomic E-state index is 0.0539. The average Bonchev–Trinajstić information content (AvgIpc) is 2.72. The van der Waals surface area contributed by atoms with Gasteiger partial charge in [-0.15, -0.1) is 0 Å². The van der Waals surface area contributed by atoms with Gasteiger partial charge in [0.2, 0.25) is 10.0 Å². The highest BCUT2D eigenvalue weighted by Gasteiger charge is 2.11. The van der Waals surface area contributed by atoms with Gasteiger partial charge in [-0.1, -0.05) is 11.6 Å².